The molecule has 1 amide bonds. The highest BCUT2D eigenvalue weighted by Crippen LogP contribution is 2.18. The fraction of sp³-hybridized carbons (Fsp3) is 0.211. The van der Waals surface area contributed by atoms with Gasteiger partial charge in [-0.05, 0) is 24.3 Å². The number of hydrogen-bond donors (Lipinski definition) is 1. The van der Waals surface area contributed by atoms with Crippen LogP contribution in [0.4, 0.5) is 5.69 Å². The molecular formula is C19H21N5O4S. The maximum absolute atomic E-state index is 12.3. The van der Waals surface area contributed by atoms with Gasteiger partial charge >= 0.3 is 10.2 Å². The minimum absolute atomic E-state index is 0.0787. The molecule has 3 rings (SSSR count). The van der Waals surface area contributed by atoms with E-state index >= 15 is 0 Å². The second-order valence-electron chi connectivity index (χ2n) is 6.36. The Kier molecular flexibility index (Phi) is 5.95. The Hall–Kier alpha value is -3.24. The van der Waals surface area contributed by atoms with Crippen LogP contribution in [0.3, 0.4) is 0 Å². The molecule has 0 atom stereocenters. The molecule has 29 heavy (non-hydrogen) atoms. The van der Waals surface area contributed by atoms with Gasteiger partial charge in [0.2, 0.25) is 11.7 Å². The first-order valence-electron chi connectivity index (χ1n) is 8.71. The highest BCUT2D eigenvalue weighted by molar-refractivity contribution is 7.90. The summed E-state index contributed by atoms with van der Waals surface area (Å²) < 4.78 is 31.7. The van der Waals surface area contributed by atoms with E-state index in [0.717, 1.165) is 14.2 Å². The predicted molar refractivity (Wildman–Crippen MR) is 108 cm³/mol. The minimum atomic E-state index is -3.59. The van der Waals surface area contributed by atoms with Gasteiger partial charge in [0.05, 0.1) is 12.2 Å². The summed E-state index contributed by atoms with van der Waals surface area (Å²) in [6, 6.07) is 15.6. The van der Waals surface area contributed by atoms with E-state index in [9.17, 15) is 13.2 Å². The van der Waals surface area contributed by atoms with E-state index in [2.05, 4.69) is 15.5 Å². The number of nitrogens with zero attached hydrogens (tertiary/aromatic N) is 4. The molecule has 0 bridgehead atoms. The van der Waals surface area contributed by atoms with Crippen LogP contribution in [-0.2, 0) is 16.8 Å². The van der Waals surface area contributed by atoms with Crippen LogP contribution < -0.4 is 9.62 Å². The summed E-state index contributed by atoms with van der Waals surface area (Å²) in [7, 11) is 0.763. The van der Waals surface area contributed by atoms with Crippen molar-refractivity contribution in [2.45, 2.75) is 6.54 Å². The molecule has 2 aromatic carbocycles. The zero-order valence-electron chi connectivity index (χ0n) is 16.2. The van der Waals surface area contributed by atoms with Crippen LogP contribution in [0, 0.1) is 0 Å². The second-order valence-corrected chi connectivity index (χ2v) is 8.54. The van der Waals surface area contributed by atoms with E-state index in [1.54, 1.807) is 24.3 Å². The number of benzene rings is 2. The Morgan fingerprint density at radius 2 is 1.69 bits per heavy atom. The van der Waals surface area contributed by atoms with Crippen LogP contribution in [-0.4, -0.2) is 49.9 Å². The zero-order valence-corrected chi connectivity index (χ0v) is 17.0. The average Bonchev–Trinajstić information content (AvgIpc) is 3.21. The molecule has 1 N–H and O–H groups in total. The van der Waals surface area contributed by atoms with Gasteiger partial charge in [-0.2, -0.15) is 17.7 Å². The third-order valence-corrected chi connectivity index (χ3v) is 6.03. The molecule has 3 aromatic rings. The van der Waals surface area contributed by atoms with Crippen LogP contribution >= 0.6 is 0 Å². The van der Waals surface area contributed by atoms with Crippen LogP contribution in [0.2, 0.25) is 0 Å². The van der Waals surface area contributed by atoms with Crippen molar-refractivity contribution < 1.29 is 17.7 Å². The van der Waals surface area contributed by atoms with Crippen molar-refractivity contribution >= 4 is 21.8 Å². The lowest BCUT2D eigenvalue weighted by Crippen LogP contribution is -2.37. The molecule has 1 heterocycles. The van der Waals surface area contributed by atoms with E-state index < -0.39 is 10.2 Å². The van der Waals surface area contributed by atoms with Crippen molar-refractivity contribution in [3.8, 4) is 11.4 Å². The summed E-state index contributed by atoms with van der Waals surface area (Å²) in [5, 5.41) is 6.60. The number of carbonyl (C=O) groups is 1. The minimum Gasteiger partial charge on any atom is -0.343 e. The lowest BCUT2D eigenvalue weighted by molar-refractivity contribution is 0.0946. The quantitative estimate of drug-likeness (QED) is 0.631. The summed E-state index contributed by atoms with van der Waals surface area (Å²) in [4.78, 5) is 16.6. The Morgan fingerprint density at radius 3 is 2.31 bits per heavy atom. The van der Waals surface area contributed by atoms with Crippen molar-refractivity contribution in [3.05, 3.63) is 66.1 Å². The number of hydrogen-bond acceptors (Lipinski definition) is 6. The largest absolute Gasteiger partial charge is 0.343 e. The van der Waals surface area contributed by atoms with Gasteiger partial charge in [-0.15, -0.1) is 0 Å². The highest BCUT2D eigenvalue weighted by atomic mass is 32.2. The Morgan fingerprint density at radius 1 is 1.03 bits per heavy atom. The molecule has 0 radical (unpaired) electrons. The topological polar surface area (TPSA) is 109 Å². The van der Waals surface area contributed by atoms with Gasteiger partial charge in [0.1, 0.15) is 0 Å². The molecule has 9 nitrogen and oxygen atoms in total. The van der Waals surface area contributed by atoms with E-state index in [1.165, 1.54) is 21.1 Å². The molecule has 0 aliphatic rings. The number of aromatic nitrogens is 2. The first-order chi connectivity index (χ1) is 13.8. The van der Waals surface area contributed by atoms with Crippen LogP contribution in [0.5, 0.6) is 0 Å². The van der Waals surface area contributed by atoms with Crippen LogP contribution in [0.1, 0.15) is 16.2 Å². The van der Waals surface area contributed by atoms with Crippen molar-refractivity contribution in [2.75, 3.05) is 25.4 Å². The Labute approximate surface area is 169 Å². The first kappa shape index (κ1) is 20.5. The molecule has 0 aliphatic carbocycles. The first-order valence-corrected chi connectivity index (χ1v) is 10.1. The molecule has 0 spiro atoms. The normalized spacial score (nSPS) is 11.4. The molecule has 152 valence electrons. The molecule has 1 aromatic heterocycles. The maximum atomic E-state index is 12.3. The van der Waals surface area contributed by atoms with Crippen molar-refractivity contribution in [2.24, 2.45) is 0 Å². The average molecular weight is 415 g/mol. The van der Waals surface area contributed by atoms with E-state index in [-0.39, 0.29) is 18.3 Å². The standard InChI is InChI=1S/C19H21N5O4S/c1-23(2)29(26,27)24(3)16-11-9-15(10-12-16)19(25)20-13-17-21-18(22-28-17)14-7-5-4-6-8-14/h4-12H,13H2,1-3H3,(H,20,25). The van der Waals surface area contributed by atoms with Gasteiger partial charge in [-0.25, -0.2) is 0 Å². The number of amides is 1. The van der Waals surface area contributed by atoms with Crippen molar-refractivity contribution in [1.29, 1.82) is 0 Å². The Balaban J connectivity index is 1.62. The summed E-state index contributed by atoms with van der Waals surface area (Å²) in [6.07, 6.45) is 0. The number of carbonyl (C=O) groups excluding carboxylic acids is 1. The summed E-state index contributed by atoms with van der Waals surface area (Å²) in [6.45, 7) is 0.0787. The van der Waals surface area contributed by atoms with E-state index in [1.807, 2.05) is 30.3 Å². The molecular weight excluding hydrogens is 394 g/mol. The molecule has 0 saturated heterocycles. The fourth-order valence-electron chi connectivity index (χ4n) is 2.49. The van der Waals surface area contributed by atoms with Crippen LogP contribution in [0.15, 0.2) is 59.1 Å². The predicted octanol–water partition coefficient (Wildman–Crippen LogP) is 1.91. The van der Waals surface area contributed by atoms with Gasteiger partial charge in [-0.1, -0.05) is 35.5 Å². The second kappa shape index (κ2) is 8.41. The third kappa shape index (κ3) is 4.61. The molecule has 10 heteroatoms. The number of rotatable bonds is 7. The molecule has 0 unspecified atom stereocenters. The lowest BCUT2D eigenvalue weighted by atomic mass is 10.2. The SMILES string of the molecule is CN(C)S(=O)(=O)N(C)c1ccc(C(=O)NCc2nc(-c3ccccc3)no2)cc1. The Bertz CT molecular complexity index is 1080. The maximum Gasteiger partial charge on any atom is 0.303 e. The molecule has 0 aliphatic heterocycles. The fourth-order valence-corrected chi connectivity index (χ4v) is 3.37. The van der Waals surface area contributed by atoms with E-state index in [0.29, 0.717) is 17.1 Å². The summed E-state index contributed by atoms with van der Waals surface area (Å²) >= 11 is 0. The lowest BCUT2D eigenvalue weighted by Gasteiger charge is -2.23. The zero-order chi connectivity index (χ0) is 21.0. The summed E-state index contributed by atoms with van der Waals surface area (Å²) in [5.74, 6) is 0.393. The van der Waals surface area contributed by atoms with Crippen molar-refractivity contribution in [3.63, 3.8) is 0 Å². The van der Waals surface area contributed by atoms with Gasteiger partial charge < -0.3 is 9.84 Å². The number of anilines is 1. The monoisotopic (exact) mass is 415 g/mol. The van der Waals surface area contributed by atoms with Crippen molar-refractivity contribution in [1.82, 2.24) is 19.8 Å². The van der Waals surface area contributed by atoms with Gasteiger partial charge in [0, 0.05) is 32.3 Å². The van der Waals surface area contributed by atoms with Gasteiger partial charge in [-0.3, -0.25) is 9.10 Å². The van der Waals surface area contributed by atoms with Gasteiger partial charge in [0.25, 0.3) is 5.91 Å². The highest BCUT2D eigenvalue weighted by Gasteiger charge is 2.21. The summed E-state index contributed by atoms with van der Waals surface area (Å²) in [5.41, 5.74) is 1.65. The molecule has 0 fully saturated rings. The smallest absolute Gasteiger partial charge is 0.303 e. The third-order valence-electron chi connectivity index (χ3n) is 4.20. The van der Waals surface area contributed by atoms with Crippen LogP contribution in [0.25, 0.3) is 11.4 Å². The number of nitrogens with one attached hydrogen (secondary N) is 1. The van der Waals surface area contributed by atoms with Gasteiger partial charge in [0.15, 0.2) is 0 Å². The molecule has 0 saturated carbocycles. The van der Waals surface area contributed by atoms with E-state index in [4.69, 9.17) is 4.52 Å².